The van der Waals surface area contributed by atoms with E-state index in [-0.39, 0.29) is 0 Å². The Balaban J connectivity index is 1.55. The Morgan fingerprint density at radius 2 is 1.94 bits per heavy atom. The standard InChI is InChI=1S/C13H21N3O/c1-9-2-4-10(5-3-9)13-15-12(17-16-13)8-14-11-6-7-11/h9-11,14H,2-8H2,1H3. The van der Waals surface area contributed by atoms with E-state index in [2.05, 4.69) is 22.4 Å². The van der Waals surface area contributed by atoms with E-state index in [4.69, 9.17) is 4.52 Å². The van der Waals surface area contributed by atoms with E-state index in [9.17, 15) is 0 Å². The lowest BCUT2D eigenvalue weighted by atomic mass is 9.83. The Morgan fingerprint density at radius 3 is 2.65 bits per heavy atom. The maximum absolute atomic E-state index is 5.30. The van der Waals surface area contributed by atoms with Crippen molar-refractivity contribution < 1.29 is 4.52 Å². The van der Waals surface area contributed by atoms with Gasteiger partial charge in [0.2, 0.25) is 5.89 Å². The van der Waals surface area contributed by atoms with Gasteiger partial charge < -0.3 is 9.84 Å². The Hall–Kier alpha value is -0.900. The molecule has 0 unspecified atom stereocenters. The normalized spacial score (nSPS) is 29.5. The fourth-order valence-electron chi connectivity index (χ4n) is 2.54. The summed E-state index contributed by atoms with van der Waals surface area (Å²) in [6, 6.07) is 0.695. The van der Waals surface area contributed by atoms with Crippen LogP contribution in [-0.2, 0) is 6.54 Å². The van der Waals surface area contributed by atoms with Crippen molar-refractivity contribution in [2.45, 2.75) is 64.0 Å². The van der Waals surface area contributed by atoms with Crippen molar-refractivity contribution in [2.24, 2.45) is 5.92 Å². The SMILES string of the molecule is CC1CCC(c2noc(CNC3CC3)n2)CC1. The zero-order chi connectivity index (χ0) is 11.7. The molecule has 0 aliphatic heterocycles. The number of aromatic nitrogens is 2. The van der Waals surface area contributed by atoms with Crippen LogP contribution in [-0.4, -0.2) is 16.2 Å². The predicted octanol–water partition coefficient (Wildman–Crippen LogP) is 2.62. The van der Waals surface area contributed by atoms with Gasteiger partial charge in [0.25, 0.3) is 0 Å². The highest BCUT2D eigenvalue weighted by Crippen LogP contribution is 2.34. The molecule has 3 rings (SSSR count). The van der Waals surface area contributed by atoms with E-state index < -0.39 is 0 Å². The number of nitrogens with one attached hydrogen (secondary N) is 1. The van der Waals surface area contributed by atoms with Gasteiger partial charge in [-0.2, -0.15) is 4.98 Å². The third-order valence-electron chi connectivity index (χ3n) is 3.98. The van der Waals surface area contributed by atoms with Crippen LogP contribution in [0.3, 0.4) is 0 Å². The maximum atomic E-state index is 5.30. The van der Waals surface area contributed by atoms with E-state index in [0.29, 0.717) is 12.0 Å². The number of nitrogens with zero attached hydrogens (tertiary/aromatic N) is 2. The Bertz CT molecular complexity index is 364. The molecule has 17 heavy (non-hydrogen) atoms. The van der Waals surface area contributed by atoms with Gasteiger partial charge in [-0.05, 0) is 31.6 Å². The van der Waals surface area contributed by atoms with Gasteiger partial charge in [-0.3, -0.25) is 0 Å². The largest absolute Gasteiger partial charge is 0.338 e. The number of rotatable bonds is 4. The average molecular weight is 235 g/mol. The summed E-state index contributed by atoms with van der Waals surface area (Å²) in [6.45, 7) is 3.07. The van der Waals surface area contributed by atoms with Crippen LogP contribution < -0.4 is 5.32 Å². The molecule has 2 aliphatic rings. The Morgan fingerprint density at radius 1 is 1.18 bits per heavy atom. The highest BCUT2D eigenvalue weighted by molar-refractivity contribution is 4.98. The van der Waals surface area contributed by atoms with Gasteiger partial charge in [0.05, 0.1) is 6.54 Å². The quantitative estimate of drug-likeness (QED) is 0.871. The van der Waals surface area contributed by atoms with Gasteiger partial charge in [-0.15, -0.1) is 0 Å². The highest BCUT2D eigenvalue weighted by atomic mass is 16.5. The minimum atomic E-state index is 0.532. The second-order valence-corrected chi connectivity index (χ2v) is 5.66. The first kappa shape index (κ1) is 11.2. The lowest BCUT2D eigenvalue weighted by Gasteiger charge is -2.23. The summed E-state index contributed by atoms with van der Waals surface area (Å²) in [5.41, 5.74) is 0. The smallest absolute Gasteiger partial charge is 0.240 e. The van der Waals surface area contributed by atoms with Crippen molar-refractivity contribution in [2.75, 3.05) is 0 Å². The molecular weight excluding hydrogens is 214 g/mol. The van der Waals surface area contributed by atoms with E-state index in [1.54, 1.807) is 0 Å². The molecule has 1 heterocycles. The summed E-state index contributed by atoms with van der Waals surface area (Å²) in [5.74, 6) is 3.09. The van der Waals surface area contributed by atoms with Crippen LogP contribution in [0.5, 0.6) is 0 Å². The van der Waals surface area contributed by atoms with Gasteiger partial charge in [-0.25, -0.2) is 0 Å². The van der Waals surface area contributed by atoms with Crippen LogP contribution >= 0.6 is 0 Å². The molecule has 4 heteroatoms. The molecule has 0 bridgehead atoms. The molecule has 0 radical (unpaired) electrons. The lowest BCUT2D eigenvalue weighted by Crippen LogP contribution is -2.16. The van der Waals surface area contributed by atoms with Gasteiger partial charge in [0, 0.05) is 12.0 Å². The maximum Gasteiger partial charge on any atom is 0.240 e. The molecule has 0 atom stereocenters. The minimum absolute atomic E-state index is 0.532. The molecule has 1 aromatic heterocycles. The fraction of sp³-hybridized carbons (Fsp3) is 0.846. The van der Waals surface area contributed by atoms with Gasteiger partial charge >= 0.3 is 0 Å². The molecule has 0 saturated heterocycles. The van der Waals surface area contributed by atoms with E-state index in [1.165, 1.54) is 38.5 Å². The van der Waals surface area contributed by atoms with Crippen molar-refractivity contribution in [3.8, 4) is 0 Å². The lowest BCUT2D eigenvalue weighted by molar-refractivity contribution is 0.322. The second-order valence-electron chi connectivity index (χ2n) is 5.66. The predicted molar refractivity (Wildman–Crippen MR) is 64.5 cm³/mol. The van der Waals surface area contributed by atoms with Crippen LogP contribution in [0.25, 0.3) is 0 Å². The van der Waals surface area contributed by atoms with Gasteiger partial charge in [0.1, 0.15) is 0 Å². The second kappa shape index (κ2) is 4.77. The van der Waals surface area contributed by atoms with Crippen molar-refractivity contribution in [3.05, 3.63) is 11.7 Å². The van der Waals surface area contributed by atoms with Crippen LogP contribution in [0.2, 0.25) is 0 Å². The molecule has 2 aliphatic carbocycles. The molecule has 2 fully saturated rings. The summed E-state index contributed by atoms with van der Waals surface area (Å²) >= 11 is 0. The van der Waals surface area contributed by atoms with Crippen LogP contribution in [0.15, 0.2) is 4.52 Å². The van der Waals surface area contributed by atoms with Crippen molar-refractivity contribution >= 4 is 0 Å². The van der Waals surface area contributed by atoms with Crippen molar-refractivity contribution in [1.29, 1.82) is 0 Å². The van der Waals surface area contributed by atoms with Crippen molar-refractivity contribution in [3.63, 3.8) is 0 Å². The molecule has 0 amide bonds. The topological polar surface area (TPSA) is 51.0 Å². The molecular formula is C13H21N3O. The summed E-state index contributed by atoms with van der Waals surface area (Å²) in [4.78, 5) is 4.52. The molecule has 0 aromatic carbocycles. The average Bonchev–Trinajstić information content (AvgIpc) is 3.06. The van der Waals surface area contributed by atoms with Crippen molar-refractivity contribution in [1.82, 2.24) is 15.5 Å². The van der Waals surface area contributed by atoms with Crippen LogP contribution in [0.1, 0.15) is 63.1 Å². The first-order chi connectivity index (χ1) is 8.31. The summed E-state index contributed by atoms with van der Waals surface area (Å²) < 4.78 is 5.30. The summed E-state index contributed by atoms with van der Waals surface area (Å²) in [6.07, 6.45) is 7.62. The molecule has 2 saturated carbocycles. The summed E-state index contributed by atoms with van der Waals surface area (Å²) in [5, 5.41) is 7.54. The van der Waals surface area contributed by atoms with E-state index in [1.807, 2.05) is 0 Å². The zero-order valence-electron chi connectivity index (χ0n) is 10.5. The Labute approximate surface area is 102 Å². The molecule has 4 nitrogen and oxygen atoms in total. The van der Waals surface area contributed by atoms with Gasteiger partial charge in [0.15, 0.2) is 5.82 Å². The summed E-state index contributed by atoms with van der Waals surface area (Å²) in [7, 11) is 0. The minimum Gasteiger partial charge on any atom is -0.338 e. The zero-order valence-corrected chi connectivity index (χ0v) is 10.5. The third kappa shape index (κ3) is 2.86. The Kier molecular flexibility index (Phi) is 3.14. The highest BCUT2D eigenvalue weighted by Gasteiger charge is 2.25. The van der Waals surface area contributed by atoms with Crippen LogP contribution in [0.4, 0.5) is 0 Å². The fourth-order valence-corrected chi connectivity index (χ4v) is 2.54. The monoisotopic (exact) mass is 235 g/mol. The van der Waals surface area contributed by atoms with Gasteiger partial charge in [-0.1, -0.05) is 24.9 Å². The van der Waals surface area contributed by atoms with Crippen LogP contribution in [0, 0.1) is 5.92 Å². The number of hydrogen-bond donors (Lipinski definition) is 1. The van der Waals surface area contributed by atoms with E-state index >= 15 is 0 Å². The molecule has 1 aromatic rings. The number of hydrogen-bond acceptors (Lipinski definition) is 4. The first-order valence-corrected chi connectivity index (χ1v) is 6.87. The molecule has 0 spiro atoms. The van der Waals surface area contributed by atoms with E-state index in [0.717, 1.165) is 24.2 Å². The molecule has 94 valence electrons. The third-order valence-corrected chi connectivity index (χ3v) is 3.98. The first-order valence-electron chi connectivity index (χ1n) is 6.87. The molecule has 1 N–H and O–H groups in total.